The zero-order chi connectivity index (χ0) is 22.3. The number of hydrogen-bond acceptors (Lipinski definition) is 2. The van der Waals surface area contributed by atoms with Crippen molar-refractivity contribution in [2.75, 3.05) is 13.1 Å². The maximum atomic E-state index is 12.3. The zero-order valence-electron chi connectivity index (χ0n) is 18.4. The molecule has 0 heterocycles. The van der Waals surface area contributed by atoms with Gasteiger partial charge in [-0.15, -0.1) is 0 Å². The molecule has 0 saturated heterocycles. The van der Waals surface area contributed by atoms with Crippen LogP contribution in [0, 0.1) is 13.8 Å². The lowest BCUT2D eigenvalue weighted by Crippen LogP contribution is -2.34. The van der Waals surface area contributed by atoms with E-state index in [0.717, 1.165) is 22.3 Å². The van der Waals surface area contributed by atoms with Gasteiger partial charge >= 0.3 is 0 Å². The summed E-state index contributed by atoms with van der Waals surface area (Å²) in [4.78, 5) is 24.2. The first-order chi connectivity index (χ1) is 14.1. The molecule has 2 aromatic rings. The summed E-state index contributed by atoms with van der Waals surface area (Å²) >= 11 is 5.84. The lowest BCUT2D eigenvalue weighted by Gasteiger charge is -2.22. The number of carbonyl (C=O) groups is 2. The molecule has 0 aliphatic heterocycles. The van der Waals surface area contributed by atoms with E-state index in [1.54, 1.807) is 18.2 Å². The Morgan fingerprint density at radius 1 is 0.967 bits per heavy atom. The minimum atomic E-state index is -0.205. The van der Waals surface area contributed by atoms with Crippen molar-refractivity contribution < 1.29 is 9.59 Å². The Morgan fingerprint density at radius 2 is 1.53 bits per heavy atom. The first-order valence-electron chi connectivity index (χ1n) is 10.1. The van der Waals surface area contributed by atoms with Crippen LogP contribution < -0.4 is 10.6 Å². The van der Waals surface area contributed by atoms with Crippen LogP contribution in [0.25, 0.3) is 6.08 Å². The predicted molar refractivity (Wildman–Crippen MR) is 125 cm³/mol. The van der Waals surface area contributed by atoms with E-state index in [0.29, 0.717) is 24.5 Å². The normalized spacial score (nSPS) is 11.5. The van der Waals surface area contributed by atoms with Gasteiger partial charge in [0.1, 0.15) is 0 Å². The number of nitrogens with one attached hydrogen (secondary N) is 2. The Morgan fingerprint density at radius 3 is 2.10 bits per heavy atom. The van der Waals surface area contributed by atoms with E-state index in [1.165, 1.54) is 11.6 Å². The van der Waals surface area contributed by atoms with Crippen LogP contribution in [0.1, 0.15) is 48.6 Å². The van der Waals surface area contributed by atoms with Gasteiger partial charge in [-0.2, -0.15) is 0 Å². The Balaban J connectivity index is 1.78. The van der Waals surface area contributed by atoms with Crippen molar-refractivity contribution in [3.8, 4) is 0 Å². The molecule has 30 heavy (non-hydrogen) atoms. The highest BCUT2D eigenvalue weighted by atomic mass is 35.5. The number of aryl methyl sites for hydroxylation is 2. The fourth-order valence-electron chi connectivity index (χ4n) is 3.12. The molecule has 0 bridgehead atoms. The molecule has 0 spiro atoms. The molecule has 160 valence electrons. The van der Waals surface area contributed by atoms with Gasteiger partial charge < -0.3 is 10.6 Å². The molecule has 0 fully saturated rings. The van der Waals surface area contributed by atoms with Crippen LogP contribution in [0.5, 0.6) is 0 Å². The number of rotatable bonds is 7. The Kier molecular flexibility index (Phi) is 8.24. The largest absolute Gasteiger partial charge is 0.354 e. The highest BCUT2D eigenvalue weighted by Crippen LogP contribution is 2.27. The maximum Gasteiger partial charge on any atom is 0.244 e. The summed E-state index contributed by atoms with van der Waals surface area (Å²) in [5.74, 6) is -0.251. The molecular formula is C25H31ClN2O2. The van der Waals surface area contributed by atoms with E-state index in [2.05, 4.69) is 57.4 Å². The molecule has 0 saturated carbocycles. The number of benzene rings is 2. The van der Waals surface area contributed by atoms with Crippen LogP contribution in [0.3, 0.4) is 0 Å². The number of halogens is 1. The minimum Gasteiger partial charge on any atom is -0.354 e. The average molecular weight is 427 g/mol. The van der Waals surface area contributed by atoms with Crippen molar-refractivity contribution in [2.24, 2.45) is 0 Å². The Bertz CT molecular complexity index is 902. The summed E-state index contributed by atoms with van der Waals surface area (Å²) in [6, 6.07) is 11.6. The highest BCUT2D eigenvalue weighted by Gasteiger charge is 2.17. The molecule has 0 atom stereocenters. The van der Waals surface area contributed by atoms with Crippen molar-refractivity contribution >= 4 is 29.5 Å². The van der Waals surface area contributed by atoms with Gasteiger partial charge in [0.05, 0.1) is 6.42 Å². The third kappa shape index (κ3) is 7.34. The van der Waals surface area contributed by atoms with Crippen molar-refractivity contribution in [1.82, 2.24) is 10.6 Å². The van der Waals surface area contributed by atoms with Gasteiger partial charge in [-0.05, 0) is 65.3 Å². The van der Waals surface area contributed by atoms with Gasteiger partial charge in [0.2, 0.25) is 11.8 Å². The number of hydrogen-bond donors (Lipinski definition) is 2. The van der Waals surface area contributed by atoms with Gasteiger partial charge in [0.25, 0.3) is 0 Å². The number of amides is 2. The third-order valence-corrected chi connectivity index (χ3v) is 5.19. The van der Waals surface area contributed by atoms with Crippen molar-refractivity contribution in [3.63, 3.8) is 0 Å². The molecule has 2 aromatic carbocycles. The molecule has 0 aromatic heterocycles. The Hall–Kier alpha value is -2.59. The first-order valence-corrected chi connectivity index (χ1v) is 10.5. The molecule has 2 N–H and O–H groups in total. The van der Waals surface area contributed by atoms with E-state index in [9.17, 15) is 9.59 Å². The fraction of sp³-hybridized carbons (Fsp3) is 0.360. The molecular weight excluding hydrogens is 396 g/mol. The second kappa shape index (κ2) is 10.4. The van der Waals surface area contributed by atoms with Gasteiger partial charge in [-0.3, -0.25) is 9.59 Å². The number of carbonyl (C=O) groups excluding carboxylic acids is 2. The summed E-state index contributed by atoms with van der Waals surface area (Å²) < 4.78 is 0. The quantitative estimate of drug-likeness (QED) is 0.496. The predicted octanol–water partition coefficient (Wildman–Crippen LogP) is 4.74. The first kappa shape index (κ1) is 23.7. The third-order valence-electron chi connectivity index (χ3n) is 4.94. The van der Waals surface area contributed by atoms with Crippen LogP contribution in [-0.4, -0.2) is 24.9 Å². The van der Waals surface area contributed by atoms with E-state index >= 15 is 0 Å². The van der Waals surface area contributed by atoms with E-state index in [-0.39, 0.29) is 17.2 Å². The van der Waals surface area contributed by atoms with Crippen LogP contribution in [0.4, 0.5) is 0 Å². The second-order valence-corrected chi connectivity index (χ2v) is 8.98. The molecule has 4 nitrogen and oxygen atoms in total. The standard InChI is InChI=1S/C25H31ClN2O2/c1-17-14-20(25(3,4)5)15-18(2)22(17)16-24(30)28-13-12-27-23(29)11-8-19-6-9-21(26)10-7-19/h6-11,14-15H,12-13,16H2,1-5H3,(H,27,29)(H,28,30)/b11-8+. The molecule has 0 unspecified atom stereocenters. The van der Waals surface area contributed by atoms with Gasteiger partial charge in [-0.25, -0.2) is 0 Å². The fourth-order valence-corrected chi connectivity index (χ4v) is 3.25. The molecule has 2 rings (SSSR count). The van der Waals surface area contributed by atoms with Gasteiger partial charge in [-0.1, -0.05) is 56.6 Å². The summed E-state index contributed by atoms with van der Waals surface area (Å²) in [6.07, 6.45) is 3.53. The Labute approximate surface area is 184 Å². The van der Waals surface area contributed by atoms with Crippen molar-refractivity contribution in [3.05, 3.63) is 75.3 Å². The lowest BCUT2D eigenvalue weighted by atomic mass is 9.83. The van der Waals surface area contributed by atoms with Crippen LogP contribution in [0.15, 0.2) is 42.5 Å². The topological polar surface area (TPSA) is 58.2 Å². The summed E-state index contributed by atoms with van der Waals surface area (Å²) in [5, 5.41) is 6.29. The molecule has 0 aliphatic rings. The minimum absolute atomic E-state index is 0.0457. The van der Waals surface area contributed by atoms with E-state index < -0.39 is 0 Å². The SMILES string of the molecule is Cc1cc(C(C)(C)C)cc(C)c1CC(=O)NCCNC(=O)/C=C/c1ccc(Cl)cc1. The smallest absolute Gasteiger partial charge is 0.244 e. The average Bonchev–Trinajstić information content (AvgIpc) is 2.66. The van der Waals surface area contributed by atoms with Gasteiger partial charge in [0, 0.05) is 24.2 Å². The summed E-state index contributed by atoms with van der Waals surface area (Å²) in [5.41, 5.74) is 5.58. The molecule has 5 heteroatoms. The molecule has 0 radical (unpaired) electrons. The van der Waals surface area contributed by atoms with Gasteiger partial charge in [0.15, 0.2) is 0 Å². The van der Waals surface area contributed by atoms with E-state index in [1.807, 2.05) is 12.1 Å². The zero-order valence-corrected chi connectivity index (χ0v) is 19.2. The van der Waals surface area contributed by atoms with Crippen LogP contribution in [-0.2, 0) is 21.4 Å². The maximum absolute atomic E-state index is 12.3. The van der Waals surface area contributed by atoms with E-state index in [4.69, 9.17) is 11.6 Å². The van der Waals surface area contributed by atoms with Crippen LogP contribution >= 0.6 is 11.6 Å². The highest BCUT2D eigenvalue weighted by molar-refractivity contribution is 6.30. The lowest BCUT2D eigenvalue weighted by molar-refractivity contribution is -0.121. The summed E-state index contributed by atoms with van der Waals surface area (Å²) in [6.45, 7) is 11.4. The molecule has 2 amide bonds. The van der Waals surface area contributed by atoms with Crippen LogP contribution in [0.2, 0.25) is 5.02 Å². The monoisotopic (exact) mass is 426 g/mol. The van der Waals surface area contributed by atoms with Crippen molar-refractivity contribution in [1.29, 1.82) is 0 Å². The second-order valence-electron chi connectivity index (χ2n) is 8.54. The van der Waals surface area contributed by atoms with Crippen molar-refractivity contribution in [2.45, 2.75) is 46.5 Å². The summed E-state index contributed by atoms with van der Waals surface area (Å²) in [7, 11) is 0. The molecule has 0 aliphatic carbocycles.